The van der Waals surface area contributed by atoms with E-state index in [1.54, 1.807) is 45.0 Å². The number of hydrogen-bond donors (Lipinski definition) is 1. The zero-order chi connectivity index (χ0) is 35.0. The molecule has 2 aliphatic rings. The Morgan fingerprint density at radius 1 is 1.06 bits per heavy atom. The predicted octanol–water partition coefficient (Wildman–Crippen LogP) is 4.70. The lowest BCUT2D eigenvalue weighted by Crippen LogP contribution is -2.53. The van der Waals surface area contributed by atoms with Crippen molar-refractivity contribution in [2.24, 2.45) is 13.0 Å². The Labute approximate surface area is 292 Å². The van der Waals surface area contributed by atoms with Gasteiger partial charge in [-0.25, -0.2) is 14.4 Å². The average Bonchev–Trinajstić information content (AvgIpc) is 3.72. The quantitative estimate of drug-likeness (QED) is 0.250. The number of amides is 2. The second-order valence-electron chi connectivity index (χ2n) is 13.2. The van der Waals surface area contributed by atoms with Gasteiger partial charge >= 0.3 is 0 Å². The lowest BCUT2D eigenvalue weighted by Gasteiger charge is -2.43. The first-order chi connectivity index (χ1) is 24.1. The van der Waals surface area contributed by atoms with Crippen molar-refractivity contribution in [2.45, 2.75) is 44.2 Å². The van der Waals surface area contributed by atoms with Crippen LogP contribution in [-0.4, -0.2) is 84.2 Å². The van der Waals surface area contributed by atoms with Crippen LogP contribution in [0.3, 0.4) is 0 Å². The number of aryl methyl sites for hydroxylation is 1. The van der Waals surface area contributed by atoms with Gasteiger partial charge in [-0.2, -0.15) is 0 Å². The van der Waals surface area contributed by atoms with E-state index in [1.807, 2.05) is 44.3 Å². The highest BCUT2D eigenvalue weighted by atomic mass is 32.1. The minimum absolute atomic E-state index is 0.0230. The number of halogens is 1. The smallest absolute Gasteiger partial charge is 0.266 e. The van der Waals surface area contributed by atoms with Gasteiger partial charge in [0.05, 0.1) is 24.1 Å². The van der Waals surface area contributed by atoms with Gasteiger partial charge in [0.25, 0.3) is 11.5 Å². The third kappa shape index (κ3) is 6.54. The Morgan fingerprint density at radius 2 is 1.84 bits per heavy atom. The molecule has 11 nitrogen and oxygen atoms in total. The Bertz CT molecular complexity index is 2070. The van der Waals surface area contributed by atoms with Crippen LogP contribution in [0.15, 0.2) is 78.1 Å². The number of nitrogens with zero attached hydrogens (tertiary/aromatic N) is 6. The van der Waals surface area contributed by atoms with Gasteiger partial charge in [0.1, 0.15) is 22.7 Å². The molecule has 0 aliphatic carbocycles. The maximum atomic E-state index is 15.3. The summed E-state index contributed by atoms with van der Waals surface area (Å²) in [7, 11) is 1.83. The minimum Gasteiger partial charge on any atom is -0.478 e. The van der Waals surface area contributed by atoms with Crippen LogP contribution in [0.5, 0.6) is 5.88 Å². The van der Waals surface area contributed by atoms with Crippen molar-refractivity contribution in [3.05, 3.63) is 99.9 Å². The molecule has 50 heavy (non-hydrogen) atoms. The molecule has 2 fully saturated rings. The zero-order valence-corrected chi connectivity index (χ0v) is 28.8. The van der Waals surface area contributed by atoms with Crippen molar-refractivity contribution in [1.29, 1.82) is 0 Å². The Hall–Kier alpha value is -4.88. The highest BCUT2D eigenvalue weighted by molar-refractivity contribution is 7.17. The summed E-state index contributed by atoms with van der Waals surface area (Å²) in [6.45, 7) is 3.71. The fraction of sp³-hybridized carbons (Fsp3) is 0.378. The number of thiophene rings is 1. The summed E-state index contributed by atoms with van der Waals surface area (Å²) < 4.78 is 23.9. The van der Waals surface area contributed by atoms with Crippen molar-refractivity contribution in [1.82, 2.24) is 28.9 Å². The van der Waals surface area contributed by atoms with Gasteiger partial charge in [-0.05, 0) is 49.9 Å². The highest BCUT2D eigenvalue weighted by Crippen LogP contribution is 2.38. The van der Waals surface area contributed by atoms with E-state index in [2.05, 4.69) is 9.97 Å². The average molecular weight is 699 g/mol. The van der Waals surface area contributed by atoms with E-state index in [4.69, 9.17) is 4.74 Å². The predicted molar refractivity (Wildman–Crippen MR) is 188 cm³/mol. The second kappa shape index (κ2) is 13.8. The van der Waals surface area contributed by atoms with Gasteiger partial charge in [0.2, 0.25) is 11.8 Å². The first-order valence-corrected chi connectivity index (χ1v) is 17.7. The maximum absolute atomic E-state index is 15.3. The normalized spacial score (nSPS) is 19.1. The van der Waals surface area contributed by atoms with Gasteiger partial charge in [0, 0.05) is 74.0 Å². The van der Waals surface area contributed by atoms with Gasteiger partial charge in [-0.3, -0.25) is 19.0 Å². The number of pyridine rings is 1. The second-order valence-corrected chi connectivity index (χ2v) is 14.2. The van der Waals surface area contributed by atoms with Gasteiger partial charge in [0.15, 0.2) is 0 Å². The standard InChI is InChI=1S/C37H39FN6O5S/c1-3-49-31-10-9-25(20-39-31)30-19-29(38)32(50-30)36(47)43-16-12-26(28(21-43)24-7-5-4-6-8-24)34(45)42-17-13-37(48,14-18-42)22-44-23-40-33-27(35(44)46)11-15-41(33)2/h4-11,15,19-20,23,26,28,48H,3,12-14,16-18,21-22H2,1-2H3/t26-,28+/m1/s1. The monoisotopic (exact) mass is 698 g/mol. The number of fused-ring (bicyclic) bond motifs is 1. The number of piperidine rings is 2. The lowest BCUT2D eigenvalue weighted by atomic mass is 9.79. The molecular formula is C37H39FN6O5S. The molecule has 0 bridgehead atoms. The number of rotatable bonds is 8. The summed E-state index contributed by atoms with van der Waals surface area (Å²) in [5.74, 6) is -1.21. The van der Waals surface area contributed by atoms with Gasteiger partial charge < -0.3 is 24.2 Å². The molecular weight excluding hydrogens is 660 g/mol. The first-order valence-electron chi connectivity index (χ1n) is 16.9. The molecule has 7 rings (SSSR count). The van der Waals surface area contributed by atoms with E-state index in [-0.39, 0.29) is 35.4 Å². The molecule has 4 aromatic heterocycles. The van der Waals surface area contributed by atoms with Crippen molar-refractivity contribution >= 4 is 34.2 Å². The van der Waals surface area contributed by atoms with E-state index in [0.717, 1.165) is 16.9 Å². The zero-order valence-electron chi connectivity index (χ0n) is 28.0. The van der Waals surface area contributed by atoms with E-state index in [0.29, 0.717) is 72.9 Å². The SMILES string of the molecule is CCOc1ccc(-c2cc(F)c(C(=O)N3CC[C@@H](C(=O)N4CCC(O)(Cn5cnc6c(ccn6C)c5=O)CC4)[C@H](c4ccccc4)C3)s2)cn1. The summed E-state index contributed by atoms with van der Waals surface area (Å²) in [4.78, 5) is 53.7. The van der Waals surface area contributed by atoms with Crippen LogP contribution in [-0.2, 0) is 18.4 Å². The number of benzene rings is 1. The van der Waals surface area contributed by atoms with Crippen LogP contribution in [0.25, 0.3) is 21.5 Å². The van der Waals surface area contributed by atoms with Crippen molar-refractivity contribution < 1.29 is 23.8 Å². The molecule has 0 unspecified atom stereocenters. The summed E-state index contributed by atoms with van der Waals surface area (Å²) in [5.41, 5.74) is 0.849. The van der Waals surface area contributed by atoms with Crippen molar-refractivity contribution in [3.63, 3.8) is 0 Å². The van der Waals surface area contributed by atoms with Crippen LogP contribution in [0.1, 0.15) is 47.3 Å². The summed E-state index contributed by atoms with van der Waals surface area (Å²) in [6.07, 6.45) is 5.91. The molecule has 260 valence electrons. The molecule has 0 saturated carbocycles. The molecule has 2 amide bonds. The van der Waals surface area contributed by atoms with E-state index < -0.39 is 23.2 Å². The van der Waals surface area contributed by atoms with Crippen molar-refractivity contribution in [3.8, 4) is 16.3 Å². The number of likely N-dealkylation sites (tertiary alicyclic amines) is 2. The van der Waals surface area contributed by atoms with Gasteiger partial charge in [-0.1, -0.05) is 30.3 Å². The molecule has 13 heteroatoms. The number of carbonyl (C=O) groups is 2. The van der Waals surface area contributed by atoms with Crippen LogP contribution in [0.4, 0.5) is 4.39 Å². The van der Waals surface area contributed by atoms with Crippen molar-refractivity contribution in [2.75, 3.05) is 32.8 Å². The molecule has 6 heterocycles. The molecule has 1 aromatic carbocycles. The highest BCUT2D eigenvalue weighted by Gasteiger charge is 2.42. The maximum Gasteiger partial charge on any atom is 0.266 e. The van der Waals surface area contributed by atoms with E-state index >= 15 is 4.39 Å². The molecule has 2 saturated heterocycles. The summed E-state index contributed by atoms with van der Waals surface area (Å²) >= 11 is 1.09. The third-order valence-electron chi connectivity index (χ3n) is 9.96. The topological polar surface area (TPSA) is 123 Å². The first kappa shape index (κ1) is 33.6. The van der Waals surface area contributed by atoms with E-state index in [1.165, 1.54) is 17.0 Å². The lowest BCUT2D eigenvalue weighted by molar-refractivity contribution is -0.142. The summed E-state index contributed by atoms with van der Waals surface area (Å²) in [6, 6.07) is 16.3. The molecule has 1 N–H and O–H groups in total. The number of ether oxygens (including phenoxy) is 1. The molecule has 0 radical (unpaired) electrons. The number of aliphatic hydroxyl groups is 1. The Kier molecular flexibility index (Phi) is 9.27. The fourth-order valence-electron chi connectivity index (χ4n) is 7.18. The molecule has 2 atom stereocenters. The molecule has 5 aromatic rings. The number of aromatic nitrogens is 4. The Balaban J connectivity index is 1.04. The largest absolute Gasteiger partial charge is 0.478 e. The Morgan fingerprint density at radius 3 is 2.56 bits per heavy atom. The summed E-state index contributed by atoms with van der Waals surface area (Å²) in [5, 5.41) is 12.0. The van der Waals surface area contributed by atoms with Crippen LogP contribution in [0, 0.1) is 11.7 Å². The van der Waals surface area contributed by atoms with E-state index in [9.17, 15) is 19.5 Å². The molecule has 2 aliphatic heterocycles. The van der Waals surface area contributed by atoms with Crippen LogP contribution < -0.4 is 10.3 Å². The van der Waals surface area contributed by atoms with Crippen LogP contribution in [0.2, 0.25) is 0 Å². The van der Waals surface area contributed by atoms with Gasteiger partial charge in [-0.15, -0.1) is 11.3 Å². The molecule has 0 spiro atoms. The third-order valence-corrected chi connectivity index (χ3v) is 11.1. The number of hydrogen-bond acceptors (Lipinski definition) is 8. The van der Waals surface area contributed by atoms with Crippen LogP contribution >= 0.6 is 11.3 Å². The minimum atomic E-state index is -1.16. The number of carbonyl (C=O) groups excluding carboxylic acids is 2. The fourth-order valence-corrected chi connectivity index (χ4v) is 8.17.